The Labute approximate surface area is 71.7 Å². The quantitative estimate of drug-likeness (QED) is 0.456. The molecule has 1 saturated carbocycles. The summed E-state index contributed by atoms with van der Waals surface area (Å²) >= 11 is 0. The standard InChI is InChI=1S/C9H16.C2H6/c1-8(2)9-6-4-3-5-7-9;1-2/h3-7H2,1-2H3;1-2H3. The molecular weight excluding hydrogens is 132 g/mol. The molecule has 0 bridgehead atoms. The first-order valence-electron chi connectivity index (χ1n) is 4.96. The Hall–Kier alpha value is -0.260. The molecule has 0 nitrogen and oxygen atoms in total. The second-order valence-corrected chi connectivity index (χ2v) is 3.16. The minimum absolute atomic E-state index is 1.38. The second kappa shape index (κ2) is 6.45. The van der Waals surface area contributed by atoms with E-state index in [1.165, 1.54) is 32.1 Å². The van der Waals surface area contributed by atoms with Gasteiger partial charge in [-0.3, -0.25) is 0 Å². The third kappa shape index (κ3) is 4.23. The summed E-state index contributed by atoms with van der Waals surface area (Å²) in [7, 11) is 0. The minimum Gasteiger partial charge on any atom is -0.0772 e. The Morgan fingerprint density at radius 1 is 0.909 bits per heavy atom. The average molecular weight is 154 g/mol. The maximum Gasteiger partial charge on any atom is -0.0318 e. The Morgan fingerprint density at radius 2 is 1.36 bits per heavy atom. The second-order valence-electron chi connectivity index (χ2n) is 3.16. The Morgan fingerprint density at radius 3 is 1.64 bits per heavy atom. The summed E-state index contributed by atoms with van der Waals surface area (Å²) < 4.78 is 0. The van der Waals surface area contributed by atoms with Crippen LogP contribution in [-0.2, 0) is 0 Å². The van der Waals surface area contributed by atoms with E-state index in [-0.39, 0.29) is 0 Å². The lowest BCUT2D eigenvalue weighted by Gasteiger charge is -2.14. The number of allylic oxidation sites excluding steroid dienone is 2. The molecule has 0 aromatic rings. The van der Waals surface area contributed by atoms with Crippen LogP contribution in [0.5, 0.6) is 0 Å². The van der Waals surface area contributed by atoms with E-state index >= 15 is 0 Å². The summed E-state index contributed by atoms with van der Waals surface area (Å²) in [6, 6.07) is 0. The molecule has 0 unspecified atom stereocenters. The lowest BCUT2D eigenvalue weighted by molar-refractivity contribution is 0.593. The highest BCUT2D eigenvalue weighted by molar-refractivity contribution is 5.10. The minimum atomic E-state index is 1.38. The van der Waals surface area contributed by atoms with Crippen molar-refractivity contribution in [1.82, 2.24) is 0 Å². The normalized spacial score (nSPS) is 16.9. The molecule has 0 aromatic carbocycles. The predicted octanol–water partition coefficient (Wildman–Crippen LogP) is 4.31. The first kappa shape index (κ1) is 10.7. The molecule has 0 saturated heterocycles. The zero-order valence-corrected chi connectivity index (χ0v) is 8.54. The van der Waals surface area contributed by atoms with Crippen molar-refractivity contribution >= 4 is 0 Å². The van der Waals surface area contributed by atoms with Crippen LogP contribution in [0.15, 0.2) is 11.1 Å². The van der Waals surface area contributed by atoms with Crippen LogP contribution in [-0.4, -0.2) is 0 Å². The summed E-state index contributed by atoms with van der Waals surface area (Å²) in [5.74, 6) is 0. The molecule has 66 valence electrons. The van der Waals surface area contributed by atoms with Crippen molar-refractivity contribution < 1.29 is 0 Å². The number of rotatable bonds is 0. The molecular formula is C11H22. The Kier molecular flexibility index (Phi) is 6.30. The highest BCUT2D eigenvalue weighted by atomic mass is 14.1. The largest absolute Gasteiger partial charge is 0.0772 e. The molecule has 0 radical (unpaired) electrons. The maximum atomic E-state index is 2.24. The molecule has 1 aliphatic rings. The van der Waals surface area contributed by atoms with Crippen molar-refractivity contribution in [3.8, 4) is 0 Å². The molecule has 0 heterocycles. The fourth-order valence-corrected chi connectivity index (χ4v) is 1.48. The SMILES string of the molecule is CC.CC(C)=C1CCCCC1. The van der Waals surface area contributed by atoms with E-state index in [0.29, 0.717) is 0 Å². The third-order valence-electron chi connectivity index (χ3n) is 2.16. The molecule has 0 N–H and O–H groups in total. The van der Waals surface area contributed by atoms with Gasteiger partial charge in [-0.1, -0.05) is 31.4 Å². The van der Waals surface area contributed by atoms with E-state index in [2.05, 4.69) is 13.8 Å². The van der Waals surface area contributed by atoms with Crippen LogP contribution in [0.2, 0.25) is 0 Å². The van der Waals surface area contributed by atoms with Gasteiger partial charge in [-0.05, 0) is 39.5 Å². The van der Waals surface area contributed by atoms with Crippen LogP contribution in [0.4, 0.5) is 0 Å². The number of hydrogen-bond acceptors (Lipinski definition) is 0. The molecule has 0 heteroatoms. The summed E-state index contributed by atoms with van der Waals surface area (Å²) in [5, 5.41) is 0. The third-order valence-corrected chi connectivity index (χ3v) is 2.16. The predicted molar refractivity (Wildman–Crippen MR) is 52.8 cm³/mol. The lowest BCUT2D eigenvalue weighted by atomic mass is 9.92. The van der Waals surface area contributed by atoms with E-state index in [1.54, 1.807) is 11.1 Å². The van der Waals surface area contributed by atoms with Gasteiger partial charge in [0.25, 0.3) is 0 Å². The van der Waals surface area contributed by atoms with Gasteiger partial charge >= 0.3 is 0 Å². The van der Waals surface area contributed by atoms with Gasteiger partial charge in [-0.15, -0.1) is 0 Å². The molecule has 11 heavy (non-hydrogen) atoms. The van der Waals surface area contributed by atoms with Crippen molar-refractivity contribution in [2.45, 2.75) is 59.8 Å². The van der Waals surface area contributed by atoms with E-state index < -0.39 is 0 Å². The number of hydrogen-bond donors (Lipinski definition) is 0. The summed E-state index contributed by atoms with van der Waals surface area (Å²) in [6.07, 6.45) is 7.07. The average Bonchev–Trinajstić information content (AvgIpc) is 2.10. The smallest absolute Gasteiger partial charge is 0.0318 e. The van der Waals surface area contributed by atoms with E-state index in [1.807, 2.05) is 13.8 Å². The molecule has 0 atom stereocenters. The van der Waals surface area contributed by atoms with Crippen LogP contribution < -0.4 is 0 Å². The van der Waals surface area contributed by atoms with Crippen LogP contribution in [0, 0.1) is 0 Å². The van der Waals surface area contributed by atoms with Crippen molar-refractivity contribution in [2.75, 3.05) is 0 Å². The van der Waals surface area contributed by atoms with Crippen molar-refractivity contribution in [1.29, 1.82) is 0 Å². The Balaban J connectivity index is 0.000000461. The van der Waals surface area contributed by atoms with Gasteiger partial charge in [0, 0.05) is 0 Å². The van der Waals surface area contributed by atoms with E-state index in [9.17, 15) is 0 Å². The van der Waals surface area contributed by atoms with Crippen molar-refractivity contribution in [2.24, 2.45) is 0 Å². The molecule has 1 rings (SSSR count). The van der Waals surface area contributed by atoms with Gasteiger partial charge in [0.15, 0.2) is 0 Å². The topological polar surface area (TPSA) is 0 Å². The first-order chi connectivity index (χ1) is 5.30. The summed E-state index contributed by atoms with van der Waals surface area (Å²) in [6.45, 7) is 8.47. The van der Waals surface area contributed by atoms with Crippen LogP contribution >= 0.6 is 0 Å². The molecule has 0 amide bonds. The molecule has 0 spiro atoms. The van der Waals surface area contributed by atoms with Gasteiger partial charge in [-0.2, -0.15) is 0 Å². The zero-order valence-electron chi connectivity index (χ0n) is 8.54. The Bertz CT molecular complexity index is 108. The molecule has 0 aliphatic heterocycles. The van der Waals surface area contributed by atoms with Crippen molar-refractivity contribution in [3.63, 3.8) is 0 Å². The van der Waals surface area contributed by atoms with Gasteiger partial charge in [0.05, 0.1) is 0 Å². The first-order valence-corrected chi connectivity index (χ1v) is 4.96. The van der Waals surface area contributed by atoms with Gasteiger partial charge in [-0.25, -0.2) is 0 Å². The molecule has 1 fully saturated rings. The van der Waals surface area contributed by atoms with Gasteiger partial charge in [0.2, 0.25) is 0 Å². The van der Waals surface area contributed by atoms with E-state index in [0.717, 1.165) is 0 Å². The lowest BCUT2D eigenvalue weighted by Crippen LogP contribution is -1.94. The summed E-state index contributed by atoms with van der Waals surface area (Å²) in [4.78, 5) is 0. The van der Waals surface area contributed by atoms with Gasteiger partial charge < -0.3 is 0 Å². The van der Waals surface area contributed by atoms with Crippen LogP contribution in [0.3, 0.4) is 0 Å². The van der Waals surface area contributed by atoms with Crippen molar-refractivity contribution in [3.05, 3.63) is 11.1 Å². The monoisotopic (exact) mass is 154 g/mol. The molecule has 1 aliphatic carbocycles. The fraction of sp³-hybridized carbons (Fsp3) is 0.818. The highest BCUT2D eigenvalue weighted by Gasteiger charge is 2.05. The van der Waals surface area contributed by atoms with Gasteiger partial charge in [0.1, 0.15) is 0 Å². The summed E-state index contributed by atoms with van der Waals surface area (Å²) in [5.41, 5.74) is 3.29. The van der Waals surface area contributed by atoms with Crippen LogP contribution in [0.1, 0.15) is 59.8 Å². The van der Waals surface area contributed by atoms with E-state index in [4.69, 9.17) is 0 Å². The maximum absolute atomic E-state index is 2.24. The van der Waals surface area contributed by atoms with Crippen LogP contribution in [0.25, 0.3) is 0 Å². The zero-order chi connectivity index (χ0) is 8.69. The fourth-order valence-electron chi connectivity index (χ4n) is 1.48. The highest BCUT2D eigenvalue weighted by Crippen LogP contribution is 2.24. The molecule has 0 aromatic heterocycles.